The number of benzene rings is 2. The summed E-state index contributed by atoms with van der Waals surface area (Å²) in [6.45, 7) is 2.24. The van der Waals surface area contributed by atoms with Crippen molar-refractivity contribution in [3.63, 3.8) is 0 Å². The zero-order valence-electron chi connectivity index (χ0n) is 13.7. The number of hydrogen-bond acceptors (Lipinski definition) is 1. The van der Waals surface area contributed by atoms with Crippen molar-refractivity contribution in [2.75, 3.05) is 0 Å². The van der Waals surface area contributed by atoms with E-state index in [1.165, 1.54) is 32.6 Å². The summed E-state index contributed by atoms with van der Waals surface area (Å²) < 4.78 is 3.85. The summed E-state index contributed by atoms with van der Waals surface area (Å²) in [5.74, 6) is 0.199. The Kier molecular flexibility index (Phi) is 6.29. The molecule has 3 heteroatoms. The molecule has 0 amide bonds. The Labute approximate surface area is 156 Å². The van der Waals surface area contributed by atoms with E-state index >= 15 is 0 Å². The van der Waals surface area contributed by atoms with Crippen molar-refractivity contribution in [3.05, 3.63) is 76.7 Å². The Morgan fingerprint density at radius 2 is 1.67 bits per heavy atom. The monoisotopic (exact) mass is 448 g/mol. The van der Waals surface area contributed by atoms with Crippen LogP contribution >= 0.6 is 0 Å². The second kappa shape index (κ2) is 8.65. The van der Waals surface area contributed by atoms with Gasteiger partial charge in [0.2, 0.25) is 0 Å². The van der Waals surface area contributed by atoms with Gasteiger partial charge in [0.15, 0.2) is 0 Å². The number of carbonyl (C=O) groups excluding carboxylic acids is 1. The van der Waals surface area contributed by atoms with Crippen LogP contribution in [0.2, 0.25) is 5.32 Å². The Morgan fingerprint density at radius 3 is 2.33 bits per heavy atom. The summed E-state index contributed by atoms with van der Waals surface area (Å²) in [6, 6.07) is 22.5. The summed E-state index contributed by atoms with van der Waals surface area (Å²) in [6.07, 6.45) is 2.51. The van der Waals surface area contributed by atoms with Crippen LogP contribution in [0.25, 0.3) is 10.0 Å². The minimum absolute atomic E-state index is 0.109. The molecular formula is C21H20OSe2. The fourth-order valence-corrected chi connectivity index (χ4v) is 8.37. The van der Waals surface area contributed by atoms with Crippen molar-refractivity contribution in [1.29, 1.82) is 0 Å². The van der Waals surface area contributed by atoms with E-state index in [0.717, 1.165) is 10.0 Å². The Hall–Kier alpha value is -1.37. The van der Waals surface area contributed by atoms with E-state index in [2.05, 4.69) is 43.3 Å². The summed E-state index contributed by atoms with van der Waals surface area (Å²) >= 11 is 0.569. The van der Waals surface area contributed by atoms with Gasteiger partial charge in [-0.3, -0.25) is 0 Å². The van der Waals surface area contributed by atoms with E-state index in [4.69, 9.17) is 0 Å². The zero-order chi connectivity index (χ0) is 16.8. The molecular weight excluding hydrogens is 426 g/mol. The number of rotatable bonds is 7. The molecule has 0 N–H and O–H groups in total. The Balaban J connectivity index is 1.95. The van der Waals surface area contributed by atoms with E-state index in [-0.39, 0.29) is 20.3 Å². The second-order valence-electron chi connectivity index (χ2n) is 5.57. The van der Waals surface area contributed by atoms with Crippen LogP contribution in [0.3, 0.4) is 0 Å². The van der Waals surface area contributed by atoms with E-state index in [1.807, 2.05) is 30.3 Å². The first kappa shape index (κ1) is 17.5. The van der Waals surface area contributed by atoms with Crippen LogP contribution in [0.5, 0.6) is 0 Å². The molecule has 0 spiro atoms. The number of ketones is 1. The van der Waals surface area contributed by atoms with Crippen molar-refractivity contribution in [1.82, 2.24) is 0 Å². The zero-order valence-corrected chi connectivity index (χ0v) is 17.1. The first-order chi connectivity index (χ1) is 11.8. The van der Waals surface area contributed by atoms with Crippen molar-refractivity contribution in [2.24, 2.45) is 0 Å². The fourth-order valence-electron chi connectivity index (χ4n) is 2.44. The Bertz CT molecular complexity index is 791. The minimum atomic E-state index is 0.109. The van der Waals surface area contributed by atoms with Crippen molar-refractivity contribution in [2.45, 2.75) is 25.1 Å². The van der Waals surface area contributed by atoms with Gasteiger partial charge in [0.05, 0.1) is 0 Å². The second-order valence-corrected chi connectivity index (χ2v) is 10.2. The molecule has 0 radical (unpaired) electrons. The maximum atomic E-state index is 12.8. The molecule has 2 aromatic carbocycles. The van der Waals surface area contributed by atoms with E-state index in [9.17, 15) is 4.79 Å². The van der Waals surface area contributed by atoms with Crippen LogP contribution in [0.4, 0.5) is 0 Å². The molecule has 122 valence electrons. The van der Waals surface area contributed by atoms with Crippen LogP contribution in [0.1, 0.15) is 34.6 Å². The third-order valence-electron chi connectivity index (χ3n) is 3.75. The van der Waals surface area contributed by atoms with Crippen LogP contribution in [-0.2, 0) is 0 Å². The van der Waals surface area contributed by atoms with E-state index in [1.54, 1.807) is 0 Å². The van der Waals surface area contributed by atoms with Gasteiger partial charge in [0, 0.05) is 0 Å². The molecule has 0 saturated carbocycles. The molecule has 3 rings (SSSR count). The SMILES string of the molecule is CCCC[Se]c1cc(C(=O)c2ccccc2)[se]c1-c1ccccc1. The number of carbonyl (C=O) groups is 1. The van der Waals surface area contributed by atoms with Gasteiger partial charge in [0.1, 0.15) is 0 Å². The summed E-state index contributed by atoms with van der Waals surface area (Å²) in [7, 11) is 0. The third-order valence-corrected chi connectivity index (χ3v) is 9.25. The molecule has 0 saturated heterocycles. The molecule has 24 heavy (non-hydrogen) atoms. The molecule has 0 aliphatic carbocycles. The first-order valence-corrected chi connectivity index (χ1v) is 12.0. The molecule has 1 aromatic heterocycles. The molecule has 1 nitrogen and oxygen atoms in total. The Morgan fingerprint density at radius 1 is 1.00 bits per heavy atom. The molecule has 0 fully saturated rings. The summed E-state index contributed by atoms with van der Waals surface area (Å²) in [5.41, 5.74) is 2.10. The quantitative estimate of drug-likeness (QED) is 0.302. The van der Waals surface area contributed by atoms with Gasteiger partial charge in [0.25, 0.3) is 0 Å². The molecule has 0 aliphatic rings. The predicted molar refractivity (Wildman–Crippen MR) is 104 cm³/mol. The molecule has 3 aromatic rings. The van der Waals surface area contributed by atoms with Gasteiger partial charge < -0.3 is 0 Å². The summed E-state index contributed by atoms with van der Waals surface area (Å²) in [4.78, 5) is 12.8. The van der Waals surface area contributed by atoms with Crippen molar-refractivity contribution in [3.8, 4) is 10.0 Å². The van der Waals surface area contributed by atoms with Gasteiger partial charge in [-0.25, -0.2) is 0 Å². The summed E-state index contributed by atoms with van der Waals surface area (Å²) in [5, 5.41) is 1.26. The van der Waals surface area contributed by atoms with Crippen LogP contribution in [0.15, 0.2) is 66.7 Å². The van der Waals surface area contributed by atoms with Gasteiger partial charge in [-0.2, -0.15) is 0 Å². The molecule has 0 bridgehead atoms. The van der Waals surface area contributed by atoms with E-state index in [0.29, 0.717) is 15.0 Å². The number of unbranched alkanes of at least 4 members (excludes halogenated alkanes) is 1. The fraction of sp³-hybridized carbons (Fsp3) is 0.190. The first-order valence-electron chi connectivity index (χ1n) is 8.21. The van der Waals surface area contributed by atoms with Gasteiger partial charge >= 0.3 is 156 Å². The van der Waals surface area contributed by atoms with Crippen molar-refractivity contribution < 1.29 is 4.79 Å². The molecule has 0 atom stereocenters. The predicted octanol–water partition coefficient (Wildman–Crippen LogP) is 4.19. The van der Waals surface area contributed by atoms with E-state index < -0.39 is 0 Å². The standard InChI is InChI=1S/C21H20OSe2/c1-2-3-14-23-19-15-18(20(22)16-10-6-4-7-11-16)24-21(19)17-12-8-5-9-13-17/h4-13,15H,2-3,14H2,1H3. The normalized spacial score (nSPS) is 10.7. The average molecular weight is 446 g/mol. The van der Waals surface area contributed by atoms with Crippen LogP contribution in [0, 0.1) is 0 Å². The molecule has 0 unspecified atom stereocenters. The average Bonchev–Trinajstić information content (AvgIpc) is 3.07. The van der Waals surface area contributed by atoms with Gasteiger partial charge in [-0.15, -0.1) is 0 Å². The van der Waals surface area contributed by atoms with Gasteiger partial charge in [-0.1, -0.05) is 0 Å². The topological polar surface area (TPSA) is 17.1 Å². The third kappa shape index (κ3) is 4.18. The van der Waals surface area contributed by atoms with Crippen LogP contribution in [-0.4, -0.2) is 35.2 Å². The van der Waals surface area contributed by atoms with Crippen LogP contribution < -0.4 is 4.46 Å². The van der Waals surface area contributed by atoms with Crippen molar-refractivity contribution >= 4 is 39.7 Å². The van der Waals surface area contributed by atoms with Gasteiger partial charge in [-0.05, 0) is 0 Å². The number of hydrogen-bond donors (Lipinski definition) is 0. The molecule has 1 heterocycles. The maximum absolute atomic E-state index is 12.8. The molecule has 0 aliphatic heterocycles.